The summed E-state index contributed by atoms with van der Waals surface area (Å²) >= 11 is 0. The van der Waals surface area contributed by atoms with Gasteiger partial charge in [-0.1, -0.05) is 6.07 Å². The van der Waals surface area contributed by atoms with Crippen molar-refractivity contribution in [3.63, 3.8) is 0 Å². The Labute approximate surface area is 135 Å². The molecule has 0 aliphatic heterocycles. The first-order valence-corrected chi connectivity index (χ1v) is 7.00. The topological polar surface area (TPSA) is 18.5 Å². The highest BCUT2D eigenvalue weighted by atomic mass is 19.3. The van der Waals surface area contributed by atoms with Crippen molar-refractivity contribution < 1.29 is 27.0 Å². The van der Waals surface area contributed by atoms with Crippen molar-refractivity contribution in [1.29, 1.82) is 0 Å². The lowest BCUT2D eigenvalue weighted by atomic mass is 10.1. The quantitative estimate of drug-likeness (QED) is 0.606. The molecule has 0 unspecified atom stereocenters. The predicted octanol–water partition coefficient (Wildman–Crippen LogP) is 5.25. The summed E-state index contributed by atoms with van der Waals surface area (Å²) in [6, 6.07) is 11.0. The number of hydrogen-bond donors (Lipinski definition) is 0. The summed E-state index contributed by atoms with van der Waals surface area (Å²) in [5.74, 6) is -1.74. The van der Waals surface area contributed by atoms with Crippen LogP contribution >= 0.6 is 0 Å². The van der Waals surface area contributed by atoms with Crippen molar-refractivity contribution in [1.82, 2.24) is 0 Å². The van der Waals surface area contributed by atoms with Crippen LogP contribution in [0.3, 0.4) is 0 Å². The minimum atomic E-state index is -3.58. The Bertz CT molecular complexity index is 876. The fourth-order valence-corrected chi connectivity index (χ4v) is 2.30. The minimum Gasteiger partial charge on any atom is -0.497 e. The first-order chi connectivity index (χ1) is 11.4. The van der Waals surface area contributed by atoms with Crippen LogP contribution in [0.15, 0.2) is 54.6 Å². The summed E-state index contributed by atoms with van der Waals surface area (Å²) in [5, 5.41) is 0.257. The highest BCUT2D eigenvalue weighted by molar-refractivity contribution is 5.84. The first-order valence-electron chi connectivity index (χ1n) is 7.00. The molecule has 24 heavy (non-hydrogen) atoms. The number of methoxy groups -OCH3 is 1. The predicted molar refractivity (Wildman–Crippen MR) is 81.4 cm³/mol. The molecule has 3 rings (SSSR count). The molecule has 0 amide bonds. The van der Waals surface area contributed by atoms with Gasteiger partial charge in [-0.15, -0.1) is 0 Å². The van der Waals surface area contributed by atoms with E-state index in [-0.39, 0.29) is 22.1 Å². The maximum atomic E-state index is 14.2. The molecule has 0 heterocycles. The third-order valence-electron chi connectivity index (χ3n) is 3.55. The van der Waals surface area contributed by atoms with E-state index in [1.54, 1.807) is 0 Å². The highest BCUT2D eigenvalue weighted by Crippen LogP contribution is 2.34. The number of fused-ring (bicyclic) bond motifs is 1. The zero-order valence-corrected chi connectivity index (χ0v) is 12.5. The molecule has 0 N–H and O–H groups in total. The van der Waals surface area contributed by atoms with Crippen molar-refractivity contribution in [3.05, 3.63) is 71.8 Å². The van der Waals surface area contributed by atoms with Gasteiger partial charge in [-0.3, -0.25) is 0 Å². The SMILES string of the molecule is COc1ccc(C(F)(F)Oc2ccc3c(F)c(F)ccc3c2)cc1. The molecule has 6 heteroatoms. The number of benzene rings is 3. The van der Waals surface area contributed by atoms with Gasteiger partial charge in [-0.05, 0) is 53.9 Å². The normalized spacial score (nSPS) is 11.5. The summed E-state index contributed by atoms with van der Waals surface area (Å²) in [6.07, 6.45) is -3.58. The Balaban J connectivity index is 1.91. The molecule has 3 aromatic carbocycles. The molecular weight excluding hydrogens is 324 g/mol. The molecule has 0 saturated carbocycles. The van der Waals surface area contributed by atoms with E-state index in [1.807, 2.05) is 0 Å². The molecular formula is C18H12F4O2. The molecule has 0 saturated heterocycles. The number of hydrogen-bond acceptors (Lipinski definition) is 2. The molecule has 0 aromatic heterocycles. The number of ether oxygens (including phenoxy) is 2. The monoisotopic (exact) mass is 336 g/mol. The van der Waals surface area contributed by atoms with Gasteiger partial charge in [-0.25, -0.2) is 8.78 Å². The summed E-state index contributed by atoms with van der Waals surface area (Å²) in [7, 11) is 1.43. The Kier molecular flexibility index (Phi) is 4.05. The minimum absolute atomic E-state index is 0.00452. The average Bonchev–Trinajstić information content (AvgIpc) is 2.58. The van der Waals surface area contributed by atoms with E-state index in [4.69, 9.17) is 9.47 Å². The van der Waals surface area contributed by atoms with E-state index in [0.717, 1.165) is 6.07 Å². The van der Waals surface area contributed by atoms with Gasteiger partial charge in [0.25, 0.3) is 0 Å². The van der Waals surface area contributed by atoms with Gasteiger partial charge in [-0.2, -0.15) is 8.78 Å². The molecule has 0 atom stereocenters. The molecule has 2 nitrogen and oxygen atoms in total. The molecule has 0 bridgehead atoms. The van der Waals surface area contributed by atoms with E-state index < -0.39 is 17.7 Å². The van der Waals surface area contributed by atoms with Gasteiger partial charge in [0, 0.05) is 5.39 Å². The molecule has 0 spiro atoms. The summed E-state index contributed by atoms with van der Waals surface area (Å²) in [4.78, 5) is 0. The van der Waals surface area contributed by atoms with Crippen LogP contribution in [0, 0.1) is 11.6 Å². The molecule has 124 valence electrons. The third kappa shape index (κ3) is 2.99. The fraction of sp³-hybridized carbons (Fsp3) is 0.111. The van der Waals surface area contributed by atoms with E-state index >= 15 is 0 Å². The van der Waals surface area contributed by atoms with Crippen LogP contribution in [0.2, 0.25) is 0 Å². The van der Waals surface area contributed by atoms with Crippen LogP contribution in [0.4, 0.5) is 17.6 Å². The zero-order valence-electron chi connectivity index (χ0n) is 12.5. The average molecular weight is 336 g/mol. The van der Waals surface area contributed by atoms with Crippen LogP contribution in [0.5, 0.6) is 11.5 Å². The van der Waals surface area contributed by atoms with Gasteiger partial charge in [0.15, 0.2) is 11.6 Å². The van der Waals surface area contributed by atoms with Crippen molar-refractivity contribution in [2.45, 2.75) is 6.11 Å². The number of rotatable bonds is 4. The van der Waals surface area contributed by atoms with Gasteiger partial charge >= 0.3 is 6.11 Å². The Morgan fingerprint density at radius 3 is 2.17 bits per heavy atom. The highest BCUT2D eigenvalue weighted by Gasteiger charge is 2.34. The van der Waals surface area contributed by atoms with Crippen molar-refractivity contribution in [3.8, 4) is 11.5 Å². The van der Waals surface area contributed by atoms with Gasteiger partial charge < -0.3 is 9.47 Å². The van der Waals surface area contributed by atoms with Crippen LogP contribution < -0.4 is 9.47 Å². The zero-order chi connectivity index (χ0) is 17.3. The lowest BCUT2D eigenvalue weighted by Gasteiger charge is -2.19. The second kappa shape index (κ2) is 6.03. The van der Waals surface area contributed by atoms with Gasteiger partial charge in [0.2, 0.25) is 0 Å². The fourth-order valence-electron chi connectivity index (χ4n) is 2.30. The molecule has 0 radical (unpaired) electrons. The summed E-state index contributed by atoms with van der Waals surface area (Å²) in [5.41, 5.74) is -0.353. The van der Waals surface area contributed by atoms with Crippen LogP contribution in [-0.2, 0) is 6.11 Å². The number of alkyl halides is 2. The van der Waals surface area contributed by atoms with Crippen LogP contribution in [-0.4, -0.2) is 7.11 Å². The first kappa shape index (κ1) is 16.1. The van der Waals surface area contributed by atoms with Crippen LogP contribution in [0.1, 0.15) is 5.56 Å². The standard InChI is InChI=1S/C18H12F4O2/c1-23-13-5-3-12(4-6-13)18(21,22)24-14-7-8-15-11(10-14)2-9-16(19)17(15)20/h2-10H,1H3. The lowest BCUT2D eigenvalue weighted by molar-refractivity contribution is -0.185. The van der Waals surface area contributed by atoms with Gasteiger partial charge in [0.1, 0.15) is 11.5 Å². The summed E-state index contributed by atoms with van der Waals surface area (Å²) < 4.78 is 64.9. The third-order valence-corrected chi connectivity index (χ3v) is 3.55. The summed E-state index contributed by atoms with van der Waals surface area (Å²) in [6.45, 7) is 0. The Morgan fingerprint density at radius 2 is 1.50 bits per heavy atom. The molecule has 0 aliphatic rings. The Hall–Kier alpha value is -2.76. The maximum Gasteiger partial charge on any atom is 0.426 e. The molecule has 3 aromatic rings. The molecule has 0 fully saturated rings. The van der Waals surface area contributed by atoms with Crippen LogP contribution in [0.25, 0.3) is 10.8 Å². The van der Waals surface area contributed by atoms with Crippen molar-refractivity contribution in [2.24, 2.45) is 0 Å². The van der Waals surface area contributed by atoms with E-state index in [1.165, 1.54) is 55.6 Å². The lowest BCUT2D eigenvalue weighted by Crippen LogP contribution is -2.21. The second-order valence-corrected chi connectivity index (χ2v) is 5.09. The number of halogens is 4. The Morgan fingerprint density at radius 1 is 0.833 bits per heavy atom. The van der Waals surface area contributed by atoms with Gasteiger partial charge in [0.05, 0.1) is 12.7 Å². The van der Waals surface area contributed by atoms with Crippen molar-refractivity contribution in [2.75, 3.05) is 7.11 Å². The maximum absolute atomic E-state index is 14.2. The molecule has 0 aliphatic carbocycles. The van der Waals surface area contributed by atoms with E-state index in [0.29, 0.717) is 5.75 Å². The largest absolute Gasteiger partial charge is 0.497 e. The van der Waals surface area contributed by atoms with E-state index in [9.17, 15) is 17.6 Å². The second-order valence-electron chi connectivity index (χ2n) is 5.09. The van der Waals surface area contributed by atoms with E-state index in [2.05, 4.69) is 0 Å². The van der Waals surface area contributed by atoms with Crippen molar-refractivity contribution >= 4 is 10.8 Å². The smallest absolute Gasteiger partial charge is 0.426 e.